The van der Waals surface area contributed by atoms with E-state index in [0.717, 1.165) is 66.3 Å². The number of carbonyl (C=O) groups is 2. The van der Waals surface area contributed by atoms with Crippen LogP contribution in [-0.2, 0) is 15.1 Å². The van der Waals surface area contributed by atoms with E-state index in [1.807, 2.05) is 49.5 Å². The first kappa shape index (κ1) is 30.5. The Morgan fingerprint density at radius 2 is 1.59 bits per heavy atom. The van der Waals surface area contributed by atoms with Crippen LogP contribution < -0.4 is 11.1 Å². The molecule has 0 bridgehead atoms. The Bertz CT molecular complexity index is 1480. The summed E-state index contributed by atoms with van der Waals surface area (Å²) >= 11 is 0. The zero-order valence-corrected chi connectivity index (χ0v) is 26.3. The number of hydrogen-bond acceptors (Lipinski definition) is 5. The highest BCUT2D eigenvalue weighted by molar-refractivity contribution is 5.92. The summed E-state index contributed by atoms with van der Waals surface area (Å²) in [6.45, 7) is 6.07. The highest BCUT2D eigenvalue weighted by Crippen LogP contribution is 2.46. The van der Waals surface area contributed by atoms with Gasteiger partial charge in [0.25, 0.3) is 0 Å². The molecule has 3 fully saturated rings. The maximum absolute atomic E-state index is 13.2. The van der Waals surface area contributed by atoms with Crippen LogP contribution in [0.5, 0.6) is 0 Å². The molecule has 1 aromatic heterocycles. The molecule has 2 aromatic carbocycles. The van der Waals surface area contributed by atoms with Crippen molar-refractivity contribution in [2.45, 2.75) is 102 Å². The van der Waals surface area contributed by atoms with E-state index in [2.05, 4.69) is 53.3 Å². The van der Waals surface area contributed by atoms with Crippen molar-refractivity contribution in [1.82, 2.24) is 9.88 Å². The molecule has 2 amide bonds. The van der Waals surface area contributed by atoms with Gasteiger partial charge in [0.05, 0.1) is 5.60 Å². The molecule has 0 spiro atoms. The van der Waals surface area contributed by atoms with Gasteiger partial charge in [0.1, 0.15) is 5.82 Å². The SMILES string of the molecule is CC(C)N(C(=O)C1CC1)C1CCC(CC(=O)Nc2cc(-c3ccccc3)c(-c3ccc([C@]4(N)C[C@](C)(O)C4)cc3)cn2)CC1. The number of benzene rings is 2. The normalized spacial score (nSPS) is 26.6. The Morgan fingerprint density at radius 1 is 0.955 bits per heavy atom. The van der Waals surface area contributed by atoms with Gasteiger partial charge in [-0.05, 0) is 106 Å². The number of amides is 2. The molecule has 0 unspecified atom stereocenters. The lowest BCUT2D eigenvalue weighted by molar-refractivity contribution is -0.138. The standard InChI is InChI=1S/C37H46N4O3/c1-24(2)41(35(43)28-11-12-28)30-17-9-25(10-18-30)19-34(42)40-33-20-31(26-7-5-4-6-8-26)32(21-39-33)27-13-15-29(16-14-27)37(38)22-36(3,44)23-37/h4-8,13-16,20-21,24-25,28,30,44H,9-12,17-19,22-23,38H2,1-3H3,(H,39,40,42)/t25?,30?,36-,37-. The molecule has 7 nitrogen and oxygen atoms in total. The van der Waals surface area contributed by atoms with E-state index in [1.165, 1.54) is 0 Å². The van der Waals surface area contributed by atoms with Crippen LogP contribution in [0.1, 0.15) is 84.1 Å². The maximum Gasteiger partial charge on any atom is 0.226 e. The highest BCUT2D eigenvalue weighted by atomic mass is 16.3. The van der Waals surface area contributed by atoms with Crippen molar-refractivity contribution in [2.24, 2.45) is 17.6 Å². The molecule has 6 rings (SSSR count). The molecule has 0 atom stereocenters. The molecule has 44 heavy (non-hydrogen) atoms. The first-order valence-corrected chi connectivity index (χ1v) is 16.3. The van der Waals surface area contributed by atoms with Crippen molar-refractivity contribution in [3.05, 3.63) is 72.4 Å². The number of nitrogens with two attached hydrogens (primary N) is 1. The lowest BCUT2D eigenvalue weighted by Crippen LogP contribution is -2.58. The van der Waals surface area contributed by atoms with Crippen molar-refractivity contribution in [3.63, 3.8) is 0 Å². The van der Waals surface area contributed by atoms with Gasteiger partial charge in [-0.25, -0.2) is 4.98 Å². The molecule has 3 saturated carbocycles. The van der Waals surface area contributed by atoms with E-state index in [9.17, 15) is 14.7 Å². The minimum atomic E-state index is -0.706. The van der Waals surface area contributed by atoms with E-state index in [1.54, 1.807) is 0 Å². The van der Waals surface area contributed by atoms with Gasteiger partial charge in [0.2, 0.25) is 11.8 Å². The zero-order chi connectivity index (χ0) is 31.1. The van der Waals surface area contributed by atoms with Crippen LogP contribution in [0.2, 0.25) is 0 Å². The lowest BCUT2D eigenvalue weighted by atomic mass is 9.63. The number of nitrogens with zero attached hydrogens (tertiary/aromatic N) is 2. The van der Waals surface area contributed by atoms with Crippen LogP contribution in [0, 0.1) is 11.8 Å². The second kappa shape index (κ2) is 12.1. The minimum Gasteiger partial charge on any atom is -0.390 e. The summed E-state index contributed by atoms with van der Waals surface area (Å²) in [6.07, 6.45) is 9.29. The van der Waals surface area contributed by atoms with Crippen molar-refractivity contribution in [1.29, 1.82) is 0 Å². The largest absolute Gasteiger partial charge is 0.390 e. The second-order valence-electron chi connectivity index (χ2n) is 14.1. The first-order chi connectivity index (χ1) is 21.0. The van der Waals surface area contributed by atoms with Crippen LogP contribution in [0.3, 0.4) is 0 Å². The number of anilines is 1. The summed E-state index contributed by atoms with van der Waals surface area (Å²) in [5, 5.41) is 13.3. The fraction of sp³-hybridized carbons (Fsp3) is 0.486. The van der Waals surface area contributed by atoms with Crippen molar-refractivity contribution < 1.29 is 14.7 Å². The predicted octanol–water partition coefficient (Wildman–Crippen LogP) is 6.65. The Balaban J connectivity index is 1.12. The van der Waals surface area contributed by atoms with Gasteiger partial charge in [-0.3, -0.25) is 9.59 Å². The lowest BCUT2D eigenvalue weighted by Gasteiger charge is -2.49. The van der Waals surface area contributed by atoms with E-state index in [0.29, 0.717) is 36.9 Å². The average molecular weight is 595 g/mol. The number of aromatic nitrogens is 1. The molecule has 232 valence electrons. The zero-order valence-electron chi connectivity index (χ0n) is 26.3. The first-order valence-electron chi connectivity index (χ1n) is 16.3. The third-order valence-corrected chi connectivity index (χ3v) is 9.84. The van der Waals surface area contributed by atoms with Crippen LogP contribution >= 0.6 is 0 Å². The smallest absolute Gasteiger partial charge is 0.226 e. The van der Waals surface area contributed by atoms with Gasteiger partial charge in [0, 0.05) is 41.7 Å². The van der Waals surface area contributed by atoms with Crippen molar-refractivity contribution >= 4 is 17.6 Å². The molecule has 7 heteroatoms. The summed E-state index contributed by atoms with van der Waals surface area (Å²) in [5.41, 5.74) is 10.4. The molecule has 3 aliphatic rings. The van der Waals surface area contributed by atoms with E-state index >= 15 is 0 Å². The number of nitrogens with one attached hydrogen (secondary N) is 1. The molecule has 1 heterocycles. The number of pyridine rings is 1. The molecule has 0 saturated heterocycles. The number of carbonyl (C=O) groups excluding carboxylic acids is 2. The molecule has 4 N–H and O–H groups in total. The Kier molecular flexibility index (Phi) is 8.38. The van der Waals surface area contributed by atoms with Crippen molar-refractivity contribution in [3.8, 4) is 22.3 Å². The molecule has 0 aliphatic heterocycles. The third-order valence-electron chi connectivity index (χ3n) is 9.84. The highest BCUT2D eigenvalue weighted by Gasteiger charge is 2.49. The van der Waals surface area contributed by atoms with Gasteiger partial charge < -0.3 is 21.1 Å². The molecule has 3 aromatic rings. The van der Waals surface area contributed by atoms with Crippen LogP contribution in [0.4, 0.5) is 5.82 Å². The minimum absolute atomic E-state index is 0.0172. The van der Waals surface area contributed by atoms with Gasteiger partial charge in [-0.15, -0.1) is 0 Å². The van der Waals surface area contributed by atoms with E-state index < -0.39 is 11.1 Å². The van der Waals surface area contributed by atoms with Crippen LogP contribution in [-0.4, -0.2) is 44.5 Å². The Morgan fingerprint density at radius 3 is 2.18 bits per heavy atom. The Hall–Kier alpha value is -3.55. The Labute approximate surface area is 261 Å². The predicted molar refractivity (Wildman–Crippen MR) is 175 cm³/mol. The summed E-state index contributed by atoms with van der Waals surface area (Å²) in [7, 11) is 0. The topological polar surface area (TPSA) is 109 Å². The summed E-state index contributed by atoms with van der Waals surface area (Å²) < 4.78 is 0. The number of hydrogen-bond donors (Lipinski definition) is 3. The van der Waals surface area contributed by atoms with E-state index in [4.69, 9.17) is 5.73 Å². The third kappa shape index (κ3) is 6.59. The second-order valence-corrected chi connectivity index (χ2v) is 14.1. The molecular weight excluding hydrogens is 548 g/mol. The van der Waals surface area contributed by atoms with Gasteiger partial charge in [-0.2, -0.15) is 0 Å². The summed E-state index contributed by atoms with van der Waals surface area (Å²) in [5.74, 6) is 1.41. The van der Waals surface area contributed by atoms with Crippen LogP contribution in [0.15, 0.2) is 66.9 Å². The maximum atomic E-state index is 13.2. The fourth-order valence-corrected chi connectivity index (χ4v) is 7.58. The quantitative estimate of drug-likeness (QED) is 0.257. The number of rotatable bonds is 9. The molecule has 0 radical (unpaired) electrons. The summed E-state index contributed by atoms with van der Waals surface area (Å²) in [4.78, 5) is 32.8. The monoisotopic (exact) mass is 594 g/mol. The molecule has 3 aliphatic carbocycles. The average Bonchev–Trinajstić information content (AvgIpc) is 3.83. The summed E-state index contributed by atoms with van der Waals surface area (Å²) in [6, 6.07) is 20.8. The van der Waals surface area contributed by atoms with Crippen LogP contribution in [0.25, 0.3) is 22.3 Å². The van der Waals surface area contributed by atoms with Gasteiger partial charge >= 0.3 is 0 Å². The van der Waals surface area contributed by atoms with Gasteiger partial charge in [0.15, 0.2) is 0 Å². The van der Waals surface area contributed by atoms with Crippen molar-refractivity contribution in [2.75, 3.05) is 5.32 Å². The van der Waals surface area contributed by atoms with E-state index in [-0.39, 0.29) is 23.9 Å². The number of aliphatic hydroxyl groups is 1. The molecular formula is C37H46N4O3. The van der Waals surface area contributed by atoms with Gasteiger partial charge in [-0.1, -0.05) is 54.6 Å². The fourth-order valence-electron chi connectivity index (χ4n) is 7.58.